The summed E-state index contributed by atoms with van der Waals surface area (Å²) in [4.78, 5) is 49.6. The average molecular weight is 911 g/mol. The van der Waals surface area contributed by atoms with Crippen molar-refractivity contribution in [3.63, 3.8) is 0 Å². The number of thioether (sulfide) groups is 1. The van der Waals surface area contributed by atoms with E-state index >= 15 is 0 Å². The fourth-order valence-electron chi connectivity index (χ4n) is 9.36. The molecule has 10 nitrogen and oxygen atoms in total. The number of halogens is 3. The molecule has 1 aliphatic carbocycles. The summed E-state index contributed by atoms with van der Waals surface area (Å²) >= 11 is 0.760. The lowest BCUT2D eigenvalue weighted by Gasteiger charge is -2.42. The number of hydrogen-bond donors (Lipinski definition) is 3. The van der Waals surface area contributed by atoms with Crippen molar-refractivity contribution in [2.24, 2.45) is 0 Å². The average Bonchev–Trinajstić information content (AvgIpc) is 3.74. The summed E-state index contributed by atoms with van der Waals surface area (Å²) < 4.78 is 50.0. The summed E-state index contributed by atoms with van der Waals surface area (Å²) in [6.45, 7) is 18.4. The number of anilines is 1. The Morgan fingerprint density at radius 3 is 2.14 bits per heavy atom. The maximum absolute atomic E-state index is 13.3. The molecule has 2 saturated heterocycles. The molecule has 0 bridgehead atoms. The maximum Gasteiger partial charge on any atom is 0.573 e. The van der Waals surface area contributed by atoms with Gasteiger partial charge in [-0.1, -0.05) is 52.8 Å². The number of amides is 5. The van der Waals surface area contributed by atoms with Gasteiger partial charge in [0.25, 0.3) is 17.1 Å². The van der Waals surface area contributed by atoms with Gasteiger partial charge in [-0.05, 0) is 174 Å². The zero-order chi connectivity index (χ0) is 47.2. The summed E-state index contributed by atoms with van der Waals surface area (Å²) in [5, 5.41) is 6.67. The second kappa shape index (κ2) is 18.3. The summed E-state index contributed by atoms with van der Waals surface area (Å²) in [5.74, 6) is -0.305. The largest absolute Gasteiger partial charge is 0.573 e. The number of aryl methyl sites for hydroxylation is 3. The first-order chi connectivity index (χ1) is 30.6. The zero-order valence-corrected chi connectivity index (χ0v) is 39.2. The smallest absolute Gasteiger partial charge is 0.496 e. The second-order valence-corrected chi connectivity index (χ2v) is 19.8. The van der Waals surface area contributed by atoms with Gasteiger partial charge in [0.1, 0.15) is 17.5 Å². The molecule has 344 valence electrons. The minimum atomic E-state index is -4.86. The predicted octanol–water partition coefficient (Wildman–Crippen LogP) is 11.1. The van der Waals surface area contributed by atoms with Crippen LogP contribution in [0.5, 0.6) is 11.5 Å². The molecule has 65 heavy (non-hydrogen) atoms. The van der Waals surface area contributed by atoms with E-state index in [1.807, 2.05) is 25.1 Å². The van der Waals surface area contributed by atoms with Gasteiger partial charge in [-0.15, -0.1) is 13.2 Å². The number of nitrogens with one attached hydrogen (secondary N) is 3. The normalized spacial score (nSPS) is 19.2. The van der Waals surface area contributed by atoms with Gasteiger partial charge in [0.15, 0.2) is 0 Å². The minimum absolute atomic E-state index is 0.0372. The molecule has 5 amide bonds. The lowest BCUT2D eigenvalue weighted by molar-refractivity contribution is -0.274. The summed E-state index contributed by atoms with van der Waals surface area (Å²) in [5.41, 5.74) is 11.6. The molecule has 4 aliphatic rings. The molecule has 0 saturated carbocycles. The third-order valence-electron chi connectivity index (χ3n) is 13.0. The lowest BCUT2D eigenvalue weighted by Crippen LogP contribution is -2.35. The number of carbonyl (C=O) groups excluding carboxylic acids is 4. The Balaban J connectivity index is 0.000000196. The fraction of sp³-hybridized carbons (Fsp3) is 0.412. The SMILES string of the molecule is CCc1cc2c(cc1-c1cc(/C=C3\SC(=O)NC3=O)ccc1OC(F)(F)F)C(C)(C)CCC2(C)C.COc1ccc(CC2NC(=O)NC2=O)cc1-c1cc2c(cc1C)N(C(C)C)CCC2. The van der Waals surface area contributed by atoms with Crippen LogP contribution in [0.25, 0.3) is 28.3 Å². The Morgan fingerprint density at radius 2 is 1.54 bits per heavy atom. The van der Waals surface area contributed by atoms with E-state index in [2.05, 4.69) is 98.3 Å². The monoisotopic (exact) mass is 910 g/mol. The third-order valence-corrected chi connectivity index (χ3v) is 13.8. The quantitative estimate of drug-likeness (QED) is 0.112. The number of methoxy groups -OCH3 is 1. The van der Waals surface area contributed by atoms with E-state index in [0.29, 0.717) is 35.6 Å². The van der Waals surface area contributed by atoms with Crippen LogP contribution in [0.4, 0.5) is 28.4 Å². The van der Waals surface area contributed by atoms with Gasteiger partial charge in [-0.3, -0.25) is 25.0 Å². The highest BCUT2D eigenvalue weighted by molar-refractivity contribution is 8.18. The predicted molar refractivity (Wildman–Crippen MR) is 250 cm³/mol. The van der Waals surface area contributed by atoms with Gasteiger partial charge in [0, 0.05) is 35.8 Å². The molecule has 3 N–H and O–H groups in total. The molecule has 0 spiro atoms. The van der Waals surface area contributed by atoms with Crippen molar-refractivity contribution < 1.29 is 41.8 Å². The molecule has 3 heterocycles. The molecule has 3 aliphatic heterocycles. The van der Waals surface area contributed by atoms with Crippen LogP contribution in [-0.2, 0) is 39.7 Å². The minimum Gasteiger partial charge on any atom is -0.496 e. The van der Waals surface area contributed by atoms with Crippen molar-refractivity contribution in [2.45, 2.75) is 123 Å². The Labute approximate surface area is 383 Å². The van der Waals surface area contributed by atoms with Crippen LogP contribution in [-0.4, -0.2) is 55.2 Å². The number of urea groups is 1. The van der Waals surface area contributed by atoms with Gasteiger partial charge in [0.05, 0.1) is 12.0 Å². The zero-order valence-electron chi connectivity index (χ0n) is 38.4. The van der Waals surface area contributed by atoms with Gasteiger partial charge < -0.3 is 19.7 Å². The third kappa shape index (κ3) is 10.2. The molecule has 1 atom stereocenters. The van der Waals surface area contributed by atoms with Crippen molar-refractivity contribution in [1.29, 1.82) is 0 Å². The fourth-order valence-corrected chi connectivity index (χ4v) is 10.0. The van der Waals surface area contributed by atoms with E-state index in [-0.39, 0.29) is 27.4 Å². The van der Waals surface area contributed by atoms with E-state index in [1.54, 1.807) is 13.2 Å². The number of hydrogen-bond acceptors (Lipinski definition) is 8. The van der Waals surface area contributed by atoms with Gasteiger partial charge in [-0.25, -0.2) is 4.79 Å². The first kappa shape index (κ1) is 47.2. The Bertz CT molecular complexity index is 2600. The Hall–Kier alpha value is -5.76. The van der Waals surface area contributed by atoms with E-state index < -0.39 is 29.6 Å². The number of ether oxygens (including phenoxy) is 2. The molecule has 0 aromatic heterocycles. The highest BCUT2D eigenvalue weighted by Gasteiger charge is 2.39. The van der Waals surface area contributed by atoms with Crippen molar-refractivity contribution in [3.05, 3.63) is 105 Å². The molecule has 8 rings (SSSR count). The number of carbonyl (C=O) groups is 4. The standard InChI is InChI=1S/C27H28F3NO3S.C24H29N3O3/c1-6-16-13-19-20(26(4,5)10-9-25(19,2)3)14-17(16)18-11-15(7-8-21(18)34-27(28,29)30)12-22-23(32)31-24(33)35-22;1-14(2)27-9-5-6-17-13-18(15(3)10-21(17)27)19-11-16(7-8-22(19)30-4)12-20-23(28)26-24(29)25-20/h7-8,11-14H,6,9-10H2,1-5H3,(H,31,32,33);7-8,10-11,13-14,20H,5-6,9,12H2,1-4H3,(H2,25,26,28,29)/b22-12-;. The van der Waals surface area contributed by atoms with Crippen molar-refractivity contribution in [3.8, 4) is 33.8 Å². The number of imide groups is 2. The molecule has 0 radical (unpaired) electrons. The second-order valence-electron chi connectivity index (χ2n) is 18.8. The number of rotatable bonds is 9. The first-order valence-electron chi connectivity index (χ1n) is 22.1. The van der Waals surface area contributed by atoms with Crippen LogP contribution in [0.3, 0.4) is 0 Å². The Kier molecular flexibility index (Phi) is 13.3. The molecular formula is C51H57F3N4O6S. The topological polar surface area (TPSA) is 126 Å². The van der Waals surface area contributed by atoms with Crippen LogP contribution in [0, 0.1) is 6.92 Å². The van der Waals surface area contributed by atoms with E-state index in [4.69, 9.17) is 4.74 Å². The van der Waals surface area contributed by atoms with E-state index in [1.165, 1.54) is 40.6 Å². The van der Waals surface area contributed by atoms with Gasteiger partial charge >= 0.3 is 12.4 Å². The Morgan fingerprint density at radius 1 is 0.862 bits per heavy atom. The summed E-state index contributed by atoms with van der Waals surface area (Å²) in [6, 6.07) is 18.5. The van der Waals surface area contributed by atoms with E-state index in [0.717, 1.165) is 77.6 Å². The molecule has 14 heteroatoms. The van der Waals surface area contributed by atoms with Crippen molar-refractivity contribution in [2.75, 3.05) is 18.6 Å². The summed E-state index contributed by atoms with van der Waals surface area (Å²) in [6.07, 6.45) is 1.94. The van der Waals surface area contributed by atoms with Crippen molar-refractivity contribution >= 4 is 46.6 Å². The summed E-state index contributed by atoms with van der Waals surface area (Å²) in [7, 11) is 1.68. The number of fused-ring (bicyclic) bond motifs is 2. The highest BCUT2D eigenvalue weighted by atomic mass is 32.2. The number of alkyl halides is 3. The molecule has 4 aromatic rings. The molecule has 1 unspecified atom stereocenters. The molecule has 4 aromatic carbocycles. The number of nitrogens with zero attached hydrogens (tertiary/aromatic N) is 1. The van der Waals surface area contributed by atoms with Crippen LogP contribution < -0.4 is 30.3 Å². The first-order valence-corrected chi connectivity index (χ1v) is 22.9. The lowest BCUT2D eigenvalue weighted by atomic mass is 9.62. The maximum atomic E-state index is 13.3. The van der Waals surface area contributed by atoms with Crippen LogP contribution in [0.1, 0.15) is 107 Å². The van der Waals surface area contributed by atoms with Crippen LogP contribution in [0.2, 0.25) is 0 Å². The van der Waals surface area contributed by atoms with Crippen LogP contribution >= 0.6 is 11.8 Å². The molecular weight excluding hydrogens is 854 g/mol. The van der Waals surface area contributed by atoms with Crippen molar-refractivity contribution in [1.82, 2.24) is 16.0 Å². The van der Waals surface area contributed by atoms with E-state index in [9.17, 15) is 32.3 Å². The highest BCUT2D eigenvalue weighted by Crippen LogP contribution is 2.49. The molecule has 2 fully saturated rings. The van der Waals surface area contributed by atoms with Gasteiger partial charge in [0.2, 0.25) is 0 Å². The number of benzene rings is 4. The van der Waals surface area contributed by atoms with Crippen LogP contribution in [0.15, 0.2) is 65.6 Å². The van der Waals surface area contributed by atoms with Gasteiger partial charge in [-0.2, -0.15) is 0 Å².